The highest BCUT2D eigenvalue weighted by Crippen LogP contribution is 2.35. The Kier molecular flexibility index (Phi) is 7.56. The van der Waals surface area contributed by atoms with Gasteiger partial charge in [-0.25, -0.2) is 4.84 Å². The van der Waals surface area contributed by atoms with Crippen LogP contribution in [0.25, 0.3) is 0 Å². The topological polar surface area (TPSA) is 92.0 Å². The monoisotopic (exact) mass is 524 g/mol. The Morgan fingerprint density at radius 1 is 0.744 bits per heavy atom. The van der Waals surface area contributed by atoms with Gasteiger partial charge in [0.2, 0.25) is 17.6 Å². The summed E-state index contributed by atoms with van der Waals surface area (Å²) in [5.74, 6) is -0.804. The van der Waals surface area contributed by atoms with E-state index in [-0.39, 0.29) is 41.7 Å². The highest BCUT2D eigenvalue weighted by atomic mass is 16.7. The number of hydroxylamine groups is 2. The fourth-order valence-corrected chi connectivity index (χ4v) is 4.31. The molecule has 39 heavy (non-hydrogen) atoms. The van der Waals surface area contributed by atoms with Crippen molar-refractivity contribution in [3.05, 3.63) is 130 Å². The van der Waals surface area contributed by atoms with Gasteiger partial charge in [0.1, 0.15) is 13.2 Å². The normalized spacial score (nSPS) is 13.5. The minimum absolute atomic E-state index is 0.177. The molecular formula is C31H28N2O6. The van der Waals surface area contributed by atoms with Crippen LogP contribution in [0, 0.1) is 11.1 Å². The lowest BCUT2D eigenvalue weighted by Crippen LogP contribution is -2.40. The van der Waals surface area contributed by atoms with E-state index >= 15 is 0 Å². The lowest BCUT2D eigenvalue weighted by Gasteiger charge is -2.25. The number of carbonyl (C=O) groups is 2. The first-order valence-corrected chi connectivity index (χ1v) is 12.7. The summed E-state index contributed by atoms with van der Waals surface area (Å²) in [7, 11) is 0. The second-order valence-corrected chi connectivity index (χ2v) is 9.52. The van der Waals surface area contributed by atoms with Crippen LogP contribution in [0.5, 0.6) is 11.5 Å². The molecule has 1 aliphatic rings. The van der Waals surface area contributed by atoms with Gasteiger partial charge in [0, 0.05) is 0 Å². The zero-order valence-electron chi connectivity index (χ0n) is 21.7. The number of hydrogen-bond donors (Lipinski definition) is 0. The van der Waals surface area contributed by atoms with Crippen LogP contribution in [-0.4, -0.2) is 16.9 Å². The van der Waals surface area contributed by atoms with Crippen LogP contribution in [0.15, 0.2) is 97.2 Å². The van der Waals surface area contributed by atoms with Gasteiger partial charge in [0.05, 0.1) is 17.2 Å². The van der Waals surface area contributed by atoms with Gasteiger partial charge in [-0.1, -0.05) is 86.6 Å². The van der Waals surface area contributed by atoms with Crippen LogP contribution in [0.1, 0.15) is 57.5 Å². The van der Waals surface area contributed by atoms with E-state index in [9.17, 15) is 14.8 Å². The van der Waals surface area contributed by atoms with Gasteiger partial charge in [-0.15, -0.1) is 5.06 Å². The van der Waals surface area contributed by atoms with E-state index in [1.54, 1.807) is 30.3 Å². The molecule has 0 bridgehead atoms. The predicted molar refractivity (Wildman–Crippen MR) is 143 cm³/mol. The Morgan fingerprint density at radius 3 is 1.74 bits per heavy atom. The van der Waals surface area contributed by atoms with Crippen molar-refractivity contribution in [3.63, 3.8) is 0 Å². The van der Waals surface area contributed by atoms with Gasteiger partial charge in [-0.3, -0.25) is 9.59 Å². The van der Waals surface area contributed by atoms with Crippen LogP contribution < -0.4 is 14.2 Å². The maximum Gasteiger partial charge on any atom is 0.285 e. The Hall–Kier alpha value is -4.69. The minimum Gasteiger partial charge on any atom is -0.618 e. The van der Waals surface area contributed by atoms with Gasteiger partial charge in [-0.05, 0) is 29.2 Å². The molecule has 0 saturated carbocycles. The van der Waals surface area contributed by atoms with E-state index in [1.807, 2.05) is 74.5 Å². The van der Waals surface area contributed by atoms with Crippen LogP contribution in [0.3, 0.4) is 0 Å². The molecule has 2 amide bonds. The third kappa shape index (κ3) is 5.61. The summed E-state index contributed by atoms with van der Waals surface area (Å²) in [6.07, 6.45) is 0.367. The molecule has 0 N–H and O–H groups in total. The molecule has 2 heterocycles. The number of imide groups is 1. The lowest BCUT2D eigenvalue weighted by atomic mass is 10.0. The maximum atomic E-state index is 13.3. The summed E-state index contributed by atoms with van der Waals surface area (Å²) < 4.78 is 12.7. The third-order valence-corrected chi connectivity index (χ3v) is 6.36. The van der Waals surface area contributed by atoms with Crippen molar-refractivity contribution in [2.24, 2.45) is 5.92 Å². The van der Waals surface area contributed by atoms with Gasteiger partial charge >= 0.3 is 0 Å². The van der Waals surface area contributed by atoms with Crippen molar-refractivity contribution in [2.45, 2.75) is 33.2 Å². The molecule has 4 aromatic rings. The number of amides is 2. The number of hydrogen-bond acceptors (Lipinski definition) is 6. The number of carbonyl (C=O) groups excluding carboxylic acids is 2. The quantitative estimate of drug-likeness (QED) is 0.157. The molecule has 0 fully saturated rings. The van der Waals surface area contributed by atoms with E-state index in [0.717, 1.165) is 16.2 Å². The Bertz CT molecular complexity index is 1440. The van der Waals surface area contributed by atoms with Gasteiger partial charge in [-0.2, -0.15) is 4.73 Å². The summed E-state index contributed by atoms with van der Waals surface area (Å²) in [6.45, 7) is 4.16. The van der Waals surface area contributed by atoms with Crippen LogP contribution in [0.2, 0.25) is 0 Å². The number of benzene rings is 3. The smallest absolute Gasteiger partial charge is 0.285 e. The second-order valence-electron chi connectivity index (χ2n) is 9.52. The highest BCUT2D eigenvalue weighted by Gasteiger charge is 2.40. The number of nitrogens with zero attached hydrogens (tertiary/aromatic N) is 2. The summed E-state index contributed by atoms with van der Waals surface area (Å²) >= 11 is 0. The molecule has 3 aromatic carbocycles. The zero-order valence-corrected chi connectivity index (χ0v) is 21.7. The molecule has 1 atom stereocenters. The van der Waals surface area contributed by atoms with Crippen molar-refractivity contribution in [2.75, 3.05) is 0 Å². The van der Waals surface area contributed by atoms with Crippen molar-refractivity contribution in [3.8, 4) is 11.5 Å². The van der Waals surface area contributed by atoms with Crippen molar-refractivity contribution >= 4 is 11.8 Å². The van der Waals surface area contributed by atoms with E-state index < -0.39 is 17.9 Å². The molecule has 0 radical (unpaired) electrons. The Labute approximate surface area is 226 Å². The SMILES string of the molecule is CC(C)C(ON1C(=O)c2ccccc2C1=O)c1cc(OCc2ccccc2)c(OCc2ccccc2)c[n+]1[O-]. The predicted octanol–water partition coefficient (Wildman–Crippen LogP) is 5.40. The molecule has 0 saturated heterocycles. The summed E-state index contributed by atoms with van der Waals surface area (Å²) in [6, 6.07) is 27.3. The van der Waals surface area contributed by atoms with Crippen LogP contribution in [-0.2, 0) is 18.1 Å². The summed E-state index contributed by atoms with van der Waals surface area (Å²) in [4.78, 5) is 31.8. The molecule has 5 rings (SSSR count). The zero-order chi connectivity index (χ0) is 27.4. The third-order valence-electron chi connectivity index (χ3n) is 6.36. The first-order chi connectivity index (χ1) is 18.9. The largest absolute Gasteiger partial charge is 0.618 e. The van der Waals surface area contributed by atoms with E-state index in [1.165, 1.54) is 6.20 Å². The van der Waals surface area contributed by atoms with Crippen LogP contribution >= 0.6 is 0 Å². The fourth-order valence-electron chi connectivity index (χ4n) is 4.31. The van der Waals surface area contributed by atoms with Crippen molar-refractivity contribution in [1.82, 2.24) is 5.06 Å². The summed E-state index contributed by atoms with van der Waals surface area (Å²) in [5.41, 5.74) is 2.57. The lowest BCUT2D eigenvalue weighted by molar-refractivity contribution is -0.621. The molecule has 0 spiro atoms. The highest BCUT2D eigenvalue weighted by molar-refractivity contribution is 6.20. The van der Waals surface area contributed by atoms with Crippen LogP contribution in [0.4, 0.5) is 0 Å². The first kappa shape index (κ1) is 25.9. The molecular weight excluding hydrogens is 496 g/mol. The summed E-state index contributed by atoms with van der Waals surface area (Å²) in [5, 5.41) is 14.0. The van der Waals surface area contributed by atoms with Crippen molar-refractivity contribution < 1.29 is 28.6 Å². The fraction of sp³-hybridized carbons (Fsp3) is 0.194. The number of fused-ring (bicyclic) bond motifs is 1. The number of pyridine rings is 1. The van der Waals surface area contributed by atoms with Gasteiger partial charge in [0.15, 0.2) is 11.9 Å². The first-order valence-electron chi connectivity index (χ1n) is 12.7. The molecule has 1 aromatic heterocycles. The van der Waals surface area contributed by atoms with E-state index in [4.69, 9.17) is 14.3 Å². The number of aromatic nitrogens is 1. The Balaban J connectivity index is 1.45. The molecule has 1 unspecified atom stereocenters. The average Bonchev–Trinajstić information content (AvgIpc) is 3.20. The van der Waals surface area contributed by atoms with E-state index in [0.29, 0.717) is 10.5 Å². The molecule has 8 heteroatoms. The molecule has 0 aliphatic carbocycles. The Morgan fingerprint density at radius 2 is 1.23 bits per heavy atom. The van der Waals surface area contributed by atoms with Gasteiger partial charge < -0.3 is 14.7 Å². The molecule has 8 nitrogen and oxygen atoms in total. The number of rotatable bonds is 10. The van der Waals surface area contributed by atoms with E-state index in [2.05, 4.69) is 0 Å². The minimum atomic E-state index is -0.924. The van der Waals surface area contributed by atoms with Crippen molar-refractivity contribution in [1.29, 1.82) is 0 Å². The van der Waals surface area contributed by atoms with Gasteiger partial charge in [0.25, 0.3) is 11.8 Å². The standard InChI is InChI=1S/C31H28N2O6/c1-21(2)29(39-33-30(34)24-15-9-10-16-25(24)31(33)35)26-17-27(37-19-22-11-5-3-6-12-22)28(18-32(26)36)38-20-23-13-7-4-8-14-23/h3-18,21,29H,19-20H2,1-2H3. The second kappa shape index (κ2) is 11.4. The molecule has 198 valence electrons. The number of ether oxygens (including phenoxy) is 2. The molecule has 1 aliphatic heterocycles. The average molecular weight is 525 g/mol. The maximum absolute atomic E-state index is 13.3.